The van der Waals surface area contributed by atoms with Gasteiger partial charge >= 0.3 is 0 Å². The largest absolute Gasteiger partial charge is 0.502 e. The maximum absolute atomic E-state index is 5.06. The number of hydrogen-bond acceptors (Lipinski definition) is 7. The Morgan fingerprint density at radius 3 is 0.987 bits per heavy atom. The number of pyridine rings is 2. The summed E-state index contributed by atoms with van der Waals surface area (Å²) in [6, 6.07) is 48.7. The fourth-order valence-electron chi connectivity index (χ4n) is 13.9. The molecule has 0 unspecified atom stereocenters. The van der Waals surface area contributed by atoms with Crippen molar-refractivity contribution in [3.8, 4) is 0 Å². The van der Waals surface area contributed by atoms with E-state index in [-0.39, 0.29) is 0 Å². The Morgan fingerprint density at radius 1 is 0.418 bits per heavy atom. The monoisotopic (exact) mass is 1060 g/mol. The van der Waals surface area contributed by atoms with Crippen LogP contribution in [0.2, 0.25) is 0 Å². The molecule has 6 aromatic carbocycles. The number of aryl methyl sites for hydroxylation is 2. The van der Waals surface area contributed by atoms with E-state index < -0.39 is 0 Å². The Hall–Kier alpha value is -6.60. The van der Waals surface area contributed by atoms with Crippen molar-refractivity contribution in [2.45, 2.75) is 201 Å². The van der Waals surface area contributed by atoms with Gasteiger partial charge in [-0.2, -0.15) is 0 Å². The van der Waals surface area contributed by atoms with Crippen LogP contribution in [0.3, 0.4) is 0 Å². The van der Waals surface area contributed by atoms with Crippen LogP contribution in [0.1, 0.15) is 174 Å². The average Bonchev–Trinajstić information content (AvgIpc) is 3.56. The van der Waals surface area contributed by atoms with Crippen molar-refractivity contribution in [2.75, 3.05) is 26.7 Å². The van der Waals surface area contributed by atoms with Crippen LogP contribution in [-0.4, -0.2) is 41.2 Å². The summed E-state index contributed by atoms with van der Waals surface area (Å²) in [6.45, 7) is 17.8. The molecule has 8 aromatic rings. The van der Waals surface area contributed by atoms with Gasteiger partial charge in [0.2, 0.25) is 0 Å². The van der Waals surface area contributed by atoms with E-state index in [4.69, 9.17) is 9.97 Å². The van der Waals surface area contributed by atoms with Crippen LogP contribution in [0.25, 0.3) is 32.3 Å². The highest BCUT2D eigenvalue weighted by Crippen LogP contribution is 2.50. The second kappa shape index (κ2) is 27.5. The third-order valence-electron chi connectivity index (χ3n) is 17.5. The van der Waals surface area contributed by atoms with E-state index in [1.54, 1.807) is 14.0 Å². The minimum atomic E-state index is 0.638. The third-order valence-corrected chi connectivity index (χ3v) is 17.5. The standard InChI is InChI=1S/C64H72N6.C4H8O.2C2H6/c1-45-43-59(69(61-27-15-17-41-65-61)53-33-29-51(30-34-53)67(47-19-7-3-8-20-47)48-21-9-4-10-22-48)57-40-38-56-46(2)44-60(58-39-37-55(45)63(57)64(56)58)70(62-28-16-18-42-66-62)54-35-31-52(32-36-54)68(49-23-11-5-12-24-49)50-25-13-6-14-26-50;1-4(2)5-3;2*1-2/h15-18,27-44,47-50H,3-14,19-26H2,1-2H3;1H2,2-3H3;2*1-2H3. The first-order chi connectivity index (χ1) is 38.9. The molecule has 4 fully saturated rings. The molecule has 0 spiro atoms. The van der Waals surface area contributed by atoms with Gasteiger partial charge in [-0.1, -0.05) is 148 Å². The van der Waals surface area contributed by atoms with Crippen molar-refractivity contribution >= 4 is 78.1 Å². The molecule has 0 saturated heterocycles. The summed E-state index contributed by atoms with van der Waals surface area (Å²) in [5.74, 6) is 2.60. The molecule has 79 heavy (non-hydrogen) atoms. The first kappa shape index (κ1) is 57.1. The summed E-state index contributed by atoms with van der Waals surface area (Å²) in [5, 5.41) is 7.66. The number of methoxy groups -OCH3 is 1. The zero-order valence-corrected chi connectivity index (χ0v) is 49.5. The third kappa shape index (κ3) is 12.6. The van der Waals surface area contributed by atoms with Crippen molar-refractivity contribution < 1.29 is 4.74 Å². The van der Waals surface area contributed by atoms with Gasteiger partial charge in [-0.3, -0.25) is 9.80 Å². The van der Waals surface area contributed by atoms with Crippen LogP contribution in [0.4, 0.5) is 45.8 Å². The molecule has 2 heterocycles. The fourth-order valence-corrected chi connectivity index (χ4v) is 13.9. The molecule has 4 aliphatic rings. The molecule has 0 N–H and O–H groups in total. The van der Waals surface area contributed by atoms with Gasteiger partial charge in [0.05, 0.1) is 24.2 Å². The van der Waals surface area contributed by atoms with E-state index in [2.05, 4.69) is 154 Å². The number of aromatic nitrogens is 2. The van der Waals surface area contributed by atoms with Crippen LogP contribution in [-0.2, 0) is 4.74 Å². The van der Waals surface area contributed by atoms with Crippen LogP contribution in [0.5, 0.6) is 0 Å². The van der Waals surface area contributed by atoms with E-state index >= 15 is 0 Å². The Bertz CT molecular complexity index is 2890. The number of ether oxygens (including phenoxy) is 1. The zero-order chi connectivity index (χ0) is 55.3. The lowest BCUT2D eigenvalue weighted by atomic mass is 9.88. The fraction of sp³-hybridized carbons (Fsp3) is 0.444. The van der Waals surface area contributed by atoms with Crippen LogP contribution in [0, 0.1) is 13.8 Å². The Balaban J connectivity index is 0.000000790. The summed E-state index contributed by atoms with van der Waals surface area (Å²) >= 11 is 0. The van der Waals surface area contributed by atoms with Crippen LogP contribution < -0.4 is 19.6 Å². The summed E-state index contributed by atoms with van der Waals surface area (Å²) in [4.78, 5) is 20.7. The molecule has 0 atom stereocenters. The molecular weight excluding hydrogens is 965 g/mol. The number of anilines is 8. The molecule has 0 bridgehead atoms. The molecule has 4 aliphatic carbocycles. The maximum atomic E-state index is 5.06. The smallest absolute Gasteiger partial charge is 0.137 e. The molecule has 0 aliphatic heterocycles. The molecule has 7 nitrogen and oxygen atoms in total. The second-order valence-electron chi connectivity index (χ2n) is 22.5. The lowest BCUT2D eigenvalue weighted by Gasteiger charge is -2.43. The minimum Gasteiger partial charge on any atom is -0.502 e. The van der Waals surface area contributed by atoms with E-state index in [1.807, 2.05) is 52.2 Å². The molecule has 416 valence electrons. The van der Waals surface area contributed by atoms with E-state index in [9.17, 15) is 0 Å². The highest BCUT2D eigenvalue weighted by atomic mass is 16.5. The molecule has 12 rings (SSSR count). The van der Waals surface area contributed by atoms with Gasteiger partial charge in [-0.25, -0.2) is 9.97 Å². The van der Waals surface area contributed by atoms with E-state index in [0.717, 1.165) is 40.1 Å². The Labute approximate surface area is 475 Å². The highest BCUT2D eigenvalue weighted by Gasteiger charge is 2.32. The second-order valence-corrected chi connectivity index (χ2v) is 22.5. The zero-order valence-electron chi connectivity index (χ0n) is 49.5. The molecule has 0 radical (unpaired) electrons. The molecular formula is C72H92N6O. The van der Waals surface area contributed by atoms with E-state index in [0.29, 0.717) is 24.2 Å². The normalized spacial score (nSPS) is 16.5. The average molecular weight is 1060 g/mol. The maximum Gasteiger partial charge on any atom is 0.137 e. The number of allylic oxidation sites excluding steroid dienone is 1. The Morgan fingerprint density at radius 2 is 0.709 bits per heavy atom. The predicted octanol–water partition coefficient (Wildman–Crippen LogP) is 21.1. The summed E-state index contributed by atoms with van der Waals surface area (Å²) in [6.07, 6.45) is 30.7. The van der Waals surface area contributed by atoms with Gasteiger partial charge in [0.15, 0.2) is 0 Å². The van der Waals surface area contributed by atoms with Crippen molar-refractivity contribution in [2.24, 2.45) is 0 Å². The number of nitrogens with zero attached hydrogens (tertiary/aromatic N) is 6. The van der Waals surface area contributed by atoms with Gasteiger partial charge in [0.1, 0.15) is 11.6 Å². The molecule has 2 aromatic heterocycles. The quantitative estimate of drug-likeness (QED) is 0.0842. The SMILES string of the molecule is C=C(C)OC.CC.CC.Cc1cc(N(c2ccc(N(C3CCCCC3)C3CCCCC3)cc2)c2ccccn2)c2ccc3c(C)cc(N(c4ccc(N(C5CCCCC5)C5CCCCC5)cc4)c4ccccn4)c4ccc1c2c34. The number of hydrogen-bond donors (Lipinski definition) is 0. The molecule has 4 saturated carbocycles. The lowest BCUT2D eigenvalue weighted by Crippen LogP contribution is -2.45. The number of benzene rings is 6. The minimum absolute atomic E-state index is 0.638. The predicted molar refractivity (Wildman–Crippen MR) is 342 cm³/mol. The summed E-state index contributed by atoms with van der Waals surface area (Å²) in [7, 11) is 1.60. The van der Waals surface area contributed by atoms with Gasteiger partial charge in [0, 0.05) is 70.1 Å². The van der Waals surface area contributed by atoms with Crippen LogP contribution >= 0.6 is 0 Å². The van der Waals surface area contributed by atoms with Crippen LogP contribution in [0.15, 0.2) is 146 Å². The first-order valence-corrected chi connectivity index (χ1v) is 31.0. The molecule has 7 heteroatoms. The van der Waals surface area contributed by atoms with Gasteiger partial charge in [-0.15, -0.1) is 0 Å². The topological polar surface area (TPSA) is 48.0 Å². The lowest BCUT2D eigenvalue weighted by molar-refractivity contribution is 0.295. The van der Waals surface area contributed by atoms with E-state index in [1.165, 1.54) is 183 Å². The van der Waals surface area contributed by atoms with Gasteiger partial charge in [0.25, 0.3) is 0 Å². The van der Waals surface area contributed by atoms with Gasteiger partial charge in [-0.05, 0) is 190 Å². The highest BCUT2D eigenvalue weighted by molar-refractivity contribution is 6.29. The van der Waals surface area contributed by atoms with Crippen molar-refractivity contribution in [3.63, 3.8) is 0 Å². The summed E-state index contributed by atoms with van der Waals surface area (Å²) in [5.41, 5.74) is 9.87. The van der Waals surface area contributed by atoms with Crippen molar-refractivity contribution in [1.82, 2.24) is 9.97 Å². The molecule has 0 amide bonds. The van der Waals surface area contributed by atoms with Gasteiger partial charge < -0.3 is 14.5 Å². The first-order valence-electron chi connectivity index (χ1n) is 31.0. The Kier molecular flexibility index (Phi) is 19.9. The van der Waals surface area contributed by atoms with Crippen molar-refractivity contribution in [1.29, 1.82) is 0 Å². The number of rotatable bonds is 13. The summed E-state index contributed by atoms with van der Waals surface area (Å²) < 4.78 is 4.56. The van der Waals surface area contributed by atoms with Crippen molar-refractivity contribution in [3.05, 3.63) is 157 Å².